The van der Waals surface area contributed by atoms with Crippen molar-refractivity contribution in [3.05, 3.63) is 137 Å². The molecule has 9 heteroatoms. The van der Waals surface area contributed by atoms with Crippen molar-refractivity contribution in [2.75, 3.05) is 13.2 Å². The minimum Gasteiger partial charge on any atom is -0.463 e. The predicted octanol–water partition coefficient (Wildman–Crippen LogP) is 5.97. The van der Waals surface area contributed by atoms with Crippen LogP contribution in [0.4, 0.5) is 0 Å². The summed E-state index contributed by atoms with van der Waals surface area (Å²) in [5.41, 5.74) is 3.95. The molecule has 0 aromatic heterocycles. The molecule has 1 unspecified atom stereocenters. The summed E-state index contributed by atoms with van der Waals surface area (Å²) in [4.78, 5) is 29.6. The molecule has 0 aliphatic carbocycles. The second-order valence-electron chi connectivity index (χ2n) is 10.3. The van der Waals surface area contributed by atoms with Crippen molar-refractivity contribution in [1.29, 1.82) is 0 Å². The van der Waals surface area contributed by atoms with Gasteiger partial charge in [0.05, 0.1) is 35.4 Å². The highest BCUT2D eigenvalue weighted by atomic mass is 32.2. The van der Waals surface area contributed by atoms with Gasteiger partial charge in [-0.15, -0.1) is 0 Å². The predicted molar refractivity (Wildman–Crippen MR) is 169 cm³/mol. The molecule has 0 saturated carbocycles. The third-order valence-electron chi connectivity index (χ3n) is 7.31. The molecule has 2 heterocycles. The maximum absolute atomic E-state index is 14.5. The minimum atomic E-state index is -4.45. The van der Waals surface area contributed by atoms with Crippen LogP contribution >= 0.6 is 0 Å². The van der Waals surface area contributed by atoms with Crippen LogP contribution in [-0.2, 0) is 29.1 Å². The summed E-state index contributed by atoms with van der Waals surface area (Å²) in [5.74, 6) is -1.79. The summed E-state index contributed by atoms with van der Waals surface area (Å²) >= 11 is 0. The van der Waals surface area contributed by atoms with Gasteiger partial charge in [0.2, 0.25) is 0 Å². The Balaban J connectivity index is 1.90. The molecule has 2 aliphatic rings. The van der Waals surface area contributed by atoms with E-state index in [1.165, 1.54) is 18.3 Å². The van der Waals surface area contributed by atoms with Crippen LogP contribution in [0.2, 0.25) is 0 Å². The van der Waals surface area contributed by atoms with E-state index < -0.39 is 33.7 Å². The van der Waals surface area contributed by atoms with Crippen molar-refractivity contribution in [3.8, 4) is 0 Å². The number of hydrogen-bond acceptors (Lipinski definition) is 7. The number of ether oxygens (including phenoxy) is 2. The third-order valence-corrected chi connectivity index (χ3v) is 8.99. The van der Waals surface area contributed by atoms with Gasteiger partial charge in [-0.05, 0) is 57.0 Å². The lowest BCUT2D eigenvalue weighted by Crippen LogP contribution is -2.39. The Morgan fingerprint density at radius 1 is 0.750 bits per heavy atom. The van der Waals surface area contributed by atoms with E-state index in [9.17, 15) is 18.0 Å². The first-order chi connectivity index (χ1) is 21.2. The number of rotatable bonds is 8. The van der Waals surface area contributed by atoms with E-state index in [1.54, 1.807) is 38.1 Å². The van der Waals surface area contributed by atoms with Gasteiger partial charge in [-0.1, -0.05) is 90.0 Å². The highest BCUT2D eigenvalue weighted by molar-refractivity contribution is 7.89. The van der Waals surface area contributed by atoms with Gasteiger partial charge in [0.1, 0.15) is 0 Å². The van der Waals surface area contributed by atoms with E-state index in [1.807, 2.05) is 79.4 Å². The normalized spacial score (nSPS) is 16.5. The smallest absolute Gasteiger partial charge is 0.356 e. The minimum absolute atomic E-state index is 0.0131. The van der Waals surface area contributed by atoms with Crippen LogP contribution in [0.1, 0.15) is 36.1 Å². The Hall–Kier alpha value is -4.89. The largest absolute Gasteiger partial charge is 0.463 e. The number of nitrogens with zero attached hydrogens (tertiary/aromatic N) is 2. The quantitative estimate of drug-likeness (QED) is 0.290. The molecule has 8 nitrogen and oxygen atoms in total. The molecule has 0 bridgehead atoms. The van der Waals surface area contributed by atoms with Gasteiger partial charge in [0, 0.05) is 11.9 Å². The van der Waals surface area contributed by atoms with Crippen LogP contribution in [0.25, 0.3) is 11.4 Å². The van der Waals surface area contributed by atoms with E-state index in [0.717, 1.165) is 21.0 Å². The Morgan fingerprint density at radius 2 is 1.32 bits per heavy atom. The van der Waals surface area contributed by atoms with Crippen LogP contribution in [0, 0.1) is 13.8 Å². The molecule has 0 amide bonds. The van der Waals surface area contributed by atoms with E-state index >= 15 is 0 Å². The lowest BCUT2D eigenvalue weighted by molar-refractivity contribution is -0.142. The van der Waals surface area contributed by atoms with E-state index in [4.69, 9.17) is 9.47 Å². The van der Waals surface area contributed by atoms with Gasteiger partial charge in [0.15, 0.2) is 5.70 Å². The zero-order valence-electron chi connectivity index (χ0n) is 25.1. The van der Waals surface area contributed by atoms with Gasteiger partial charge >= 0.3 is 11.9 Å². The first-order valence-electron chi connectivity index (χ1n) is 14.4. The van der Waals surface area contributed by atoms with E-state index in [2.05, 4.69) is 0 Å². The van der Waals surface area contributed by atoms with Crippen LogP contribution in [0.15, 0.2) is 119 Å². The molecule has 2 aliphatic heterocycles. The average molecular weight is 611 g/mol. The summed E-state index contributed by atoms with van der Waals surface area (Å²) in [6.45, 7) is 7.06. The molecule has 3 aromatic rings. The molecule has 1 atom stereocenters. The Labute approximate surface area is 258 Å². The number of esters is 2. The molecule has 3 aromatic carbocycles. The fourth-order valence-corrected chi connectivity index (χ4v) is 6.55. The molecule has 0 N–H and O–H groups in total. The zero-order chi connectivity index (χ0) is 31.4. The van der Waals surface area contributed by atoms with Gasteiger partial charge in [-0.2, -0.15) is 0 Å². The van der Waals surface area contributed by atoms with Crippen molar-refractivity contribution in [1.82, 2.24) is 9.21 Å². The number of sulfonamides is 1. The first kappa shape index (κ1) is 30.6. The fraction of sp³-hybridized carbons (Fsp3) is 0.200. The van der Waals surface area contributed by atoms with Gasteiger partial charge < -0.3 is 14.4 Å². The molecular weight excluding hydrogens is 576 g/mol. The van der Waals surface area contributed by atoms with Crippen LogP contribution < -0.4 is 0 Å². The molecule has 0 spiro atoms. The van der Waals surface area contributed by atoms with Crippen molar-refractivity contribution in [3.63, 3.8) is 0 Å². The molecule has 0 radical (unpaired) electrons. The molecular formula is C35H34N2O6S. The summed E-state index contributed by atoms with van der Waals surface area (Å²) in [6, 6.07) is 22.6. The third kappa shape index (κ3) is 5.83. The second-order valence-corrected chi connectivity index (χ2v) is 12.1. The topological polar surface area (TPSA) is 93.2 Å². The number of benzene rings is 3. The van der Waals surface area contributed by atoms with Crippen molar-refractivity contribution in [2.45, 2.75) is 38.6 Å². The number of carbonyl (C=O) groups is 2. The number of aryl methyl sites for hydroxylation is 2. The van der Waals surface area contributed by atoms with Gasteiger partial charge in [0.25, 0.3) is 10.0 Å². The van der Waals surface area contributed by atoms with Crippen LogP contribution in [-0.4, -0.2) is 48.8 Å². The highest BCUT2D eigenvalue weighted by Crippen LogP contribution is 2.42. The van der Waals surface area contributed by atoms with Crippen LogP contribution in [0.3, 0.4) is 0 Å². The summed E-state index contributed by atoms with van der Waals surface area (Å²) < 4.78 is 40.8. The molecule has 44 heavy (non-hydrogen) atoms. The Kier molecular flexibility index (Phi) is 8.87. The molecule has 226 valence electrons. The van der Waals surface area contributed by atoms with Crippen LogP contribution in [0.5, 0.6) is 0 Å². The number of carbonyl (C=O) groups excluding carboxylic acids is 2. The standard InChI is InChI=1S/C35H34N2O6S/c1-5-42-34(38)32-30-14-10-13-29(26-11-8-7-9-12-26)37(30)31(27-19-15-24(3)16-20-27)23-36(33(32)35(39)43-6-2)44(40,41)28-21-17-25(4)18-22-28/h7-23,30H,5-6H2,1-4H3. The van der Waals surface area contributed by atoms with E-state index in [0.29, 0.717) is 17.0 Å². The highest BCUT2D eigenvalue weighted by Gasteiger charge is 2.44. The fourth-order valence-electron chi connectivity index (χ4n) is 5.19. The van der Waals surface area contributed by atoms with Gasteiger partial charge in [-0.25, -0.2) is 22.3 Å². The molecule has 5 rings (SSSR count). The van der Waals surface area contributed by atoms with Gasteiger partial charge in [-0.3, -0.25) is 0 Å². The second kappa shape index (κ2) is 12.8. The average Bonchev–Trinajstić information content (AvgIpc) is 3.18. The van der Waals surface area contributed by atoms with Crippen molar-refractivity contribution >= 4 is 33.4 Å². The number of fused-ring (bicyclic) bond motifs is 1. The van der Waals surface area contributed by atoms with Crippen molar-refractivity contribution in [2.24, 2.45) is 0 Å². The Morgan fingerprint density at radius 3 is 1.93 bits per heavy atom. The maximum Gasteiger partial charge on any atom is 0.356 e. The zero-order valence-corrected chi connectivity index (χ0v) is 25.9. The lowest BCUT2D eigenvalue weighted by Gasteiger charge is -2.37. The number of hydrogen-bond donors (Lipinski definition) is 0. The van der Waals surface area contributed by atoms with E-state index in [-0.39, 0.29) is 23.7 Å². The molecule has 0 saturated heterocycles. The SMILES string of the molecule is CCOC(=O)C1=C(C(=O)OCC)N(S(=O)(=O)c2ccc(C)cc2)C=C(c2ccc(C)cc2)N2C(c3ccccc3)=CC=CC12. The first-order valence-corrected chi connectivity index (χ1v) is 15.8. The summed E-state index contributed by atoms with van der Waals surface area (Å²) in [6.07, 6.45) is 6.84. The Bertz CT molecular complexity index is 1790. The monoisotopic (exact) mass is 610 g/mol. The number of allylic oxidation sites excluding steroid dienone is 2. The summed E-state index contributed by atoms with van der Waals surface area (Å²) in [7, 11) is -4.45. The van der Waals surface area contributed by atoms with Crippen molar-refractivity contribution < 1.29 is 27.5 Å². The lowest BCUT2D eigenvalue weighted by atomic mass is 9.95. The maximum atomic E-state index is 14.5. The molecule has 0 fully saturated rings. The summed E-state index contributed by atoms with van der Waals surface area (Å²) in [5, 5.41) is 0.